The van der Waals surface area contributed by atoms with Crippen LogP contribution in [0.1, 0.15) is 37.6 Å². The van der Waals surface area contributed by atoms with Crippen LogP contribution in [0.25, 0.3) is 43.9 Å². The number of benzene rings is 2. The molecule has 0 saturated carbocycles. The number of hydrogen-bond acceptors (Lipinski definition) is 8. The molecule has 1 fully saturated rings. The van der Waals surface area contributed by atoms with Crippen LogP contribution >= 0.6 is 23.1 Å². The summed E-state index contributed by atoms with van der Waals surface area (Å²) in [5, 5.41) is 20.9. The minimum absolute atomic E-state index is 0.0600. The van der Waals surface area contributed by atoms with Crippen LogP contribution in [0, 0.1) is 22.9 Å². The molecule has 5 N–H and O–H groups in total. The Labute approximate surface area is 261 Å². The number of nitrogens with zero attached hydrogens (tertiary/aromatic N) is 3. The van der Waals surface area contributed by atoms with Gasteiger partial charge >= 0.3 is 0 Å². The van der Waals surface area contributed by atoms with Crippen LogP contribution in [0.15, 0.2) is 41.8 Å². The van der Waals surface area contributed by atoms with Crippen molar-refractivity contribution in [1.29, 1.82) is 5.41 Å². The number of pyridine rings is 1. The maximum Gasteiger partial charge on any atom is 0.142 e. The van der Waals surface area contributed by atoms with Gasteiger partial charge in [0.25, 0.3) is 0 Å². The molecule has 1 unspecified atom stereocenters. The third-order valence-corrected chi connectivity index (χ3v) is 9.88. The highest BCUT2D eigenvalue weighted by atomic mass is 32.2. The molecule has 1 atom stereocenters. The quantitative estimate of drug-likeness (QED) is 0.117. The second kappa shape index (κ2) is 12.3. The number of anilines is 2. The predicted octanol–water partition coefficient (Wildman–Crippen LogP) is 7.71. The molecule has 0 amide bonds. The van der Waals surface area contributed by atoms with Gasteiger partial charge in [0.1, 0.15) is 28.8 Å². The zero-order chi connectivity index (χ0) is 31.1. The second-order valence-corrected chi connectivity index (χ2v) is 13.0. The molecule has 7 rings (SSSR count). The lowest BCUT2D eigenvalue weighted by Crippen LogP contribution is -2.31. The van der Waals surface area contributed by atoms with Gasteiger partial charge in [-0.15, -0.1) is 11.3 Å². The molecular formula is C32H32F3N7S2. The van der Waals surface area contributed by atoms with Crippen molar-refractivity contribution in [3.63, 3.8) is 0 Å². The van der Waals surface area contributed by atoms with Gasteiger partial charge in [-0.2, -0.15) is 16.9 Å². The highest BCUT2D eigenvalue weighted by Crippen LogP contribution is 2.47. The molecule has 1 saturated heterocycles. The van der Waals surface area contributed by atoms with E-state index in [1.165, 1.54) is 23.3 Å². The van der Waals surface area contributed by atoms with Crippen molar-refractivity contribution < 1.29 is 13.2 Å². The predicted molar refractivity (Wildman–Crippen MR) is 176 cm³/mol. The number of thiophene rings is 1. The van der Waals surface area contributed by atoms with Crippen LogP contribution in [0.2, 0.25) is 0 Å². The Balaban J connectivity index is 0.000000794. The molecule has 2 aromatic carbocycles. The molecule has 3 aromatic heterocycles. The van der Waals surface area contributed by atoms with Gasteiger partial charge in [-0.05, 0) is 50.0 Å². The number of rotatable bonds is 5. The van der Waals surface area contributed by atoms with Gasteiger partial charge < -0.3 is 21.8 Å². The Morgan fingerprint density at radius 2 is 1.84 bits per heavy atom. The van der Waals surface area contributed by atoms with Crippen molar-refractivity contribution in [2.75, 3.05) is 36.1 Å². The van der Waals surface area contributed by atoms with Gasteiger partial charge in [0.15, 0.2) is 0 Å². The minimum atomic E-state index is -0.914. The highest BCUT2D eigenvalue weighted by molar-refractivity contribution is 8.00. The van der Waals surface area contributed by atoms with Crippen LogP contribution in [-0.4, -0.2) is 45.6 Å². The summed E-state index contributed by atoms with van der Waals surface area (Å²) >= 11 is 3.18. The number of halogens is 3. The van der Waals surface area contributed by atoms with Gasteiger partial charge in [-0.3, -0.25) is 4.68 Å². The number of hydrogen-bond donors (Lipinski definition) is 4. The van der Waals surface area contributed by atoms with Crippen molar-refractivity contribution in [3.05, 3.63) is 70.5 Å². The van der Waals surface area contributed by atoms with Crippen LogP contribution in [0.4, 0.5) is 24.5 Å². The maximum absolute atomic E-state index is 15.7. The number of fused-ring (bicyclic) bond motifs is 2. The molecule has 228 valence electrons. The number of nitrogen functional groups attached to an aromatic ring is 1. The summed E-state index contributed by atoms with van der Waals surface area (Å²) in [5.74, 6) is 0.524. The molecule has 0 spiro atoms. The molecule has 2 aliphatic rings. The van der Waals surface area contributed by atoms with Crippen LogP contribution in [0.5, 0.6) is 0 Å². The number of thioether (sulfide) groups is 1. The van der Waals surface area contributed by atoms with E-state index in [2.05, 4.69) is 10.6 Å². The third-order valence-electron chi connectivity index (χ3n) is 7.77. The van der Waals surface area contributed by atoms with Crippen molar-refractivity contribution in [2.24, 2.45) is 0 Å². The molecule has 12 heteroatoms. The maximum atomic E-state index is 15.7. The molecule has 0 radical (unpaired) electrons. The Morgan fingerprint density at radius 3 is 2.48 bits per heavy atom. The largest absolute Gasteiger partial charge is 0.398 e. The van der Waals surface area contributed by atoms with Crippen LogP contribution in [-0.2, 0) is 6.54 Å². The van der Waals surface area contributed by atoms with E-state index < -0.39 is 17.5 Å². The minimum Gasteiger partial charge on any atom is -0.398 e. The first-order valence-electron chi connectivity index (χ1n) is 14.3. The standard InChI is InChI=1S/C29H26F3N7S.C3H6S/c1-13-10-36-11-17-9-23(38-39(13)17)28-26(24-19(31)7-16(30)8-21(24)34)25-20(32)12-40-29(25)27(37-28)15-4-5-18(14(2)33)22(6-15)35-3;1-2-4-3-1/h4-9,12-13,33,35-36H,10-11,34H2,1-3H3;1-3H2. The van der Waals surface area contributed by atoms with E-state index in [1.54, 1.807) is 14.0 Å². The van der Waals surface area contributed by atoms with Gasteiger partial charge in [0.2, 0.25) is 0 Å². The van der Waals surface area contributed by atoms with Gasteiger partial charge in [0, 0.05) is 76.3 Å². The fraction of sp³-hybridized carbons (Fsp3) is 0.281. The summed E-state index contributed by atoms with van der Waals surface area (Å²) in [6.45, 7) is 5.03. The first kappa shape index (κ1) is 30.2. The molecule has 5 aromatic rings. The number of nitrogens with one attached hydrogen (secondary N) is 3. The molecule has 2 aliphatic heterocycles. The SMILES string of the molecule is C1CSC1.CNc1cc(-c2nc(-c3cc4n(n3)C(C)CNC4)c(-c3c(N)cc(F)cc3F)c3c(F)csc23)ccc1C(C)=N. The Bertz CT molecular complexity index is 1870. The van der Waals surface area contributed by atoms with E-state index in [0.29, 0.717) is 39.6 Å². The first-order valence-corrected chi connectivity index (χ1v) is 16.3. The normalized spacial score (nSPS) is 15.7. The van der Waals surface area contributed by atoms with Gasteiger partial charge in [0.05, 0.1) is 22.1 Å². The van der Waals surface area contributed by atoms with E-state index in [4.69, 9.17) is 21.2 Å². The molecule has 0 bridgehead atoms. The summed E-state index contributed by atoms with van der Waals surface area (Å²) in [6.07, 6.45) is 1.46. The second-order valence-electron chi connectivity index (χ2n) is 10.9. The number of nitrogens with two attached hydrogens (primary N) is 1. The number of aromatic nitrogens is 3. The van der Waals surface area contributed by atoms with Crippen molar-refractivity contribution >= 4 is 50.3 Å². The van der Waals surface area contributed by atoms with Crippen molar-refractivity contribution in [3.8, 4) is 33.8 Å². The summed E-state index contributed by atoms with van der Waals surface area (Å²) in [5.41, 5.74) is 10.6. The first-order chi connectivity index (χ1) is 21.2. The van der Waals surface area contributed by atoms with E-state index in [9.17, 15) is 4.39 Å². The van der Waals surface area contributed by atoms with E-state index >= 15 is 8.78 Å². The smallest absolute Gasteiger partial charge is 0.142 e. The zero-order valence-electron chi connectivity index (χ0n) is 24.5. The zero-order valence-corrected chi connectivity index (χ0v) is 26.2. The summed E-state index contributed by atoms with van der Waals surface area (Å²) < 4.78 is 47.6. The molecule has 44 heavy (non-hydrogen) atoms. The lowest BCUT2D eigenvalue weighted by Gasteiger charge is -2.21. The Hall–Kier alpha value is -3.87. The van der Waals surface area contributed by atoms with Gasteiger partial charge in [-0.1, -0.05) is 12.1 Å². The van der Waals surface area contributed by atoms with Crippen LogP contribution in [0.3, 0.4) is 0 Å². The van der Waals surface area contributed by atoms with Crippen molar-refractivity contribution in [1.82, 2.24) is 20.1 Å². The van der Waals surface area contributed by atoms with Gasteiger partial charge in [-0.25, -0.2) is 18.2 Å². The fourth-order valence-electron chi connectivity index (χ4n) is 5.49. The summed E-state index contributed by atoms with van der Waals surface area (Å²) in [6, 6.07) is 9.17. The molecule has 5 heterocycles. The summed E-state index contributed by atoms with van der Waals surface area (Å²) in [7, 11) is 1.76. The third kappa shape index (κ3) is 5.46. The van der Waals surface area contributed by atoms with E-state index in [1.807, 2.05) is 47.6 Å². The van der Waals surface area contributed by atoms with Crippen LogP contribution < -0.4 is 16.4 Å². The molecular weight excluding hydrogens is 604 g/mol. The van der Waals surface area contributed by atoms with E-state index in [-0.39, 0.29) is 33.9 Å². The lowest BCUT2D eigenvalue weighted by atomic mass is 9.94. The fourth-order valence-corrected chi connectivity index (χ4v) is 6.71. The lowest BCUT2D eigenvalue weighted by molar-refractivity contribution is 0.392. The summed E-state index contributed by atoms with van der Waals surface area (Å²) in [4.78, 5) is 5.00. The monoisotopic (exact) mass is 635 g/mol. The Morgan fingerprint density at radius 1 is 1.09 bits per heavy atom. The highest BCUT2D eigenvalue weighted by Gasteiger charge is 2.28. The molecule has 7 nitrogen and oxygen atoms in total. The van der Waals surface area contributed by atoms with E-state index in [0.717, 1.165) is 41.3 Å². The average Bonchev–Trinajstić information content (AvgIpc) is 3.56. The topological polar surface area (TPSA) is 105 Å². The molecule has 0 aliphatic carbocycles. The van der Waals surface area contributed by atoms with Crippen molar-refractivity contribution in [2.45, 2.75) is 32.9 Å². The average molecular weight is 636 g/mol. The Kier molecular flexibility index (Phi) is 8.40.